The molecule has 1 unspecified atom stereocenters. The lowest BCUT2D eigenvalue weighted by Crippen LogP contribution is -2.41. The maximum atomic E-state index is 12.8. The number of nitrogens with two attached hydrogens (primary N) is 1. The Morgan fingerprint density at radius 1 is 0.833 bits per heavy atom. The van der Waals surface area contributed by atoms with Crippen molar-refractivity contribution in [3.05, 3.63) is 107 Å². The zero-order valence-electron chi connectivity index (χ0n) is 16.7. The van der Waals surface area contributed by atoms with Gasteiger partial charge in [-0.05, 0) is 48.2 Å². The molecule has 0 saturated carbocycles. The highest BCUT2D eigenvalue weighted by Crippen LogP contribution is 2.32. The molecule has 3 rings (SSSR count). The summed E-state index contributed by atoms with van der Waals surface area (Å²) in [5.41, 5.74) is 9.11. The predicted molar refractivity (Wildman–Crippen MR) is 117 cm³/mol. The Bertz CT molecular complexity index is 934. The van der Waals surface area contributed by atoms with Crippen LogP contribution in [0.4, 0.5) is 0 Å². The zero-order valence-corrected chi connectivity index (χ0v) is 16.7. The quantitative estimate of drug-likeness (QED) is 0.475. The second-order valence-corrected chi connectivity index (χ2v) is 7.18. The van der Waals surface area contributed by atoms with Crippen LogP contribution in [0, 0.1) is 0 Å². The molecule has 3 aromatic rings. The van der Waals surface area contributed by atoms with Crippen molar-refractivity contribution < 1.29 is 14.7 Å². The molecule has 3 aromatic carbocycles. The number of nitrogens with one attached hydrogen (secondary N) is 1. The first-order valence-corrected chi connectivity index (χ1v) is 10.0. The summed E-state index contributed by atoms with van der Waals surface area (Å²) in [6.07, 6.45) is 0.829. The van der Waals surface area contributed by atoms with E-state index >= 15 is 0 Å². The van der Waals surface area contributed by atoms with E-state index in [9.17, 15) is 14.7 Å². The number of rotatable bonds is 9. The lowest BCUT2D eigenvalue weighted by Gasteiger charge is -2.20. The summed E-state index contributed by atoms with van der Waals surface area (Å²) in [5.74, 6) is -1.49. The molecule has 0 spiro atoms. The summed E-state index contributed by atoms with van der Waals surface area (Å²) in [7, 11) is 0. The molecule has 0 heterocycles. The number of benzene rings is 3. The molecule has 0 aliphatic rings. The Morgan fingerprint density at radius 2 is 1.40 bits per heavy atom. The van der Waals surface area contributed by atoms with E-state index in [0.29, 0.717) is 24.9 Å². The van der Waals surface area contributed by atoms with Gasteiger partial charge in [0.1, 0.15) is 6.04 Å². The van der Waals surface area contributed by atoms with Crippen molar-refractivity contribution in [1.29, 1.82) is 0 Å². The number of hydrogen-bond donors (Lipinski definition) is 3. The highest BCUT2D eigenvalue weighted by atomic mass is 16.4. The smallest absolute Gasteiger partial charge is 0.326 e. The summed E-state index contributed by atoms with van der Waals surface area (Å²) in [4.78, 5) is 24.2. The molecule has 5 nitrogen and oxygen atoms in total. The molecule has 1 atom stereocenters. The molecule has 30 heavy (non-hydrogen) atoms. The molecule has 0 radical (unpaired) electrons. The number of aliphatic carboxylic acids is 1. The van der Waals surface area contributed by atoms with E-state index < -0.39 is 17.9 Å². The summed E-state index contributed by atoms with van der Waals surface area (Å²) in [6, 6.07) is 26.6. The molecule has 0 bridgehead atoms. The average molecular weight is 402 g/mol. The van der Waals surface area contributed by atoms with E-state index in [0.717, 1.165) is 16.7 Å². The summed E-state index contributed by atoms with van der Waals surface area (Å²) < 4.78 is 0. The van der Waals surface area contributed by atoms with Gasteiger partial charge < -0.3 is 16.2 Å². The van der Waals surface area contributed by atoms with Crippen LogP contribution < -0.4 is 11.1 Å². The maximum absolute atomic E-state index is 12.8. The number of carbonyl (C=O) groups excluding carboxylic acids is 1. The molecule has 0 saturated heterocycles. The molecule has 0 aliphatic heterocycles. The monoisotopic (exact) mass is 402 g/mol. The van der Waals surface area contributed by atoms with Crippen LogP contribution in [0.5, 0.6) is 0 Å². The fraction of sp³-hybridized carbons (Fsp3) is 0.200. The van der Waals surface area contributed by atoms with Gasteiger partial charge in [-0.15, -0.1) is 0 Å². The van der Waals surface area contributed by atoms with Gasteiger partial charge in [0.05, 0.1) is 0 Å². The van der Waals surface area contributed by atoms with Gasteiger partial charge in [-0.1, -0.05) is 72.8 Å². The van der Waals surface area contributed by atoms with Gasteiger partial charge in [-0.3, -0.25) is 4.79 Å². The lowest BCUT2D eigenvalue weighted by molar-refractivity contribution is -0.139. The van der Waals surface area contributed by atoms with Crippen LogP contribution in [0.2, 0.25) is 0 Å². The minimum absolute atomic E-state index is 0.0346. The largest absolute Gasteiger partial charge is 0.480 e. The van der Waals surface area contributed by atoms with Gasteiger partial charge in [0.25, 0.3) is 5.91 Å². The van der Waals surface area contributed by atoms with Gasteiger partial charge in [-0.25, -0.2) is 4.79 Å². The van der Waals surface area contributed by atoms with Crippen LogP contribution in [0.15, 0.2) is 84.9 Å². The van der Waals surface area contributed by atoms with Crippen LogP contribution in [0.25, 0.3) is 0 Å². The topological polar surface area (TPSA) is 92.4 Å². The van der Waals surface area contributed by atoms with Crippen molar-refractivity contribution in [2.75, 3.05) is 6.54 Å². The number of hydrogen-bond acceptors (Lipinski definition) is 3. The fourth-order valence-electron chi connectivity index (χ4n) is 3.55. The Kier molecular flexibility index (Phi) is 7.35. The molecule has 1 amide bonds. The van der Waals surface area contributed by atoms with Gasteiger partial charge in [0, 0.05) is 11.5 Å². The van der Waals surface area contributed by atoms with E-state index in [1.54, 1.807) is 6.07 Å². The van der Waals surface area contributed by atoms with Crippen LogP contribution in [-0.4, -0.2) is 29.6 Å². The third-order valence-electron chi connectivity index (χ3n) is 5.05. The molecule has 0 fully saturated rings. The molecule has 0 aromatic heterocycles. The highest BCUT2D eigenvalue weighted by molar-refractivity contribution is 5.96. The number of carboxylic acid groups (broad SMARTS) is 1. The first-order valence-electron chi connectivity index (χ1n) is 10.0. The van der Waals surface area contributed by atoms with Crippen molar-refractivity contribution in [3.8, 4) is 0 Å². The van der Waals surface area contributed by atoms with Crippen molar-refractivity contribution >= 4 is 11.9 Å². The molecule has 5 heteroatoms. The van der Waals surface area contributed by atoms with E-state index in [1.165, 1.54) is 0 Å². The average Bonchev–Trinajstić information content (AvgIpc) is 2.78. The molecular weight excluding hydrogens is 376 g/mol. The van der Waals surface area contributed by atoms with Crippen LogP contribution >= 0.6 is 0 Å². The van der Waals surface area contributed by atoms with Gasteiger partial charge >= 0.3 is 5.97 Å². The molecule has 4 N–H and O–H groups in total. The van der Waals surface area contributed by atoms with E-state index in [-0.39, 0.29) is 5.92 Å². The Labute approximate surface area is 176 Å². The standard InChI is InChI=1S/C25H26N2O3/c26-16-8-15-22(25(29)30)27-24(28)21-14-7-13-20(17-21)23(18-9-3-1-4-10-18)19-11-5-2-6-12-19/h1-7,9-14,17,22-23H,8,15-16,26H2,(H,27,28)(H,29,30). The van der Waals surface area contributed by atoms with Gasteiger partial charge in [0.2, 0.25) is 0 Å². The molecular formula is C25H26N2O3. The number of amides is 1. The third kappa shape index (κ3) is 5.33. The Morgan fingerprint density at radius 3 is 1.93 bits per heavy atom. The first-order chi connectivity index (χ1) is 14.6. The highest BCUT2D eigenvalue weighted by Gasteiger charge is 2.22. The Hall–Kier alpha value is -3.44. The Balaban J connectivity index is 1.92. The molecule has 0 aliphatic carbocycles. The normalized spacial score (nSPS) is 11.8. The first kappa shape index (κ1) is 21.3. The lowest BCUT2D eigenvalue weighted by atomic mass is 9.84. The van der Waals surface area contributed by atoms with E-state index in [2.05, 4.69) is 29.6 Å². The maximum Gasteiger partial charge on any atom is 0.326 e. The van der Waals surface area contributed by atoms with Gasteiger partial charge in [0.15, 0.2) is 0 Å². The number of carbonyl (C=O) groups is 2. The van der Waals surface area contributed by atoms with Crippen molar-refractivity contribution in [2.45, 2.75) is 24.8 Å². The van der Waals surface area contributed by atoms with E-state index in [4.69, 9.17) is 5.73 Å². The van der Waals surface area contributed by atoms with Crippen molar-refractivity contribution in [2.24, 2.45) is 5.73 Å². The summed E-state index contributed by atoms with van der Waals surface area (Å²) in [5, 5.41) is 12.0. The summed E-state index contributed by atoms with van der Waals surface area (Å²) in [6.45, 7) is 0.380. The third-order valence-corrected chi connectivity index (χ3v) is 5.05. The van der Waals surface area contributed by atoms with Crippen LogP contribution in [-0.2, 0) is 4.79 Å². The van der Waals surface area contributed by atoms with Crippen molar-refractivity contribution in [1.82, 2.24) is 5.32 Å². The van der Waals surface area contributed by atoms with Gasteiger partial charge in [-0.2, -0.15) is 0 Å². The predicted octanol–water partition coefficient (Wildman–Crippen LogP) is 3.79. The summed E-state index contributed by atoms with van der Waals surface area (Å²) >= 11 is 0. The second kappa shape index (κ2) is 10.4. The van der Waals surface area contributed by atoms with Crippen LogP contribution in [0.3, 0.4) is 0 Å². The van der Waals surface area contributed by atoms with E-state index in [1.807, 2.05) is 54.6 Å². The fourth-order valence-corrected chi connectivity index (χ4v) is 3.55. The molecule has 154 valence electrons. The zero-order chi connectivity index (χ0) is 21.3. The second-order valence-electron chi connectivity index (χ2n) is 7.18. The minimum Gasteiger partial charge on any atom is -0.480 e. The van der Waals surface area contributed by atoms with Crippen molar-refractivity contribution in [3.63, 3.8) is 0 Å². The minimum atomic E-state index is -1.06. The van der Waals surface area contributed by atoms with Crippen LogP contribution in [0.1, 0.15) is 45.8 Å². The SMILES string of the molecule is NCCCC(NC(=O)c1cccc(C(c2ccccc2)c2ccccc2)c1)C(=O)O. The number of carboxylic acids is 1.